The molecule has 1 N–H and O–H groups in total. The maximum Gasteiger partial charge on any atom is 0.317 e. The smallest absolute Gasteiger partial charge is 0.317 e. The maximum atomic E-state index is 12.5. The minimum Gasteiger partial charge on any atom is -0.383 e. The van der Waals surface area contributed by atoms with Crippen LogP contribution in [0.25, 0.3) is 0 Å². The van der Waals surface area contributed by atoms with Crippen molar-refractivity contribution >= 4 is 12.0 Å². The van der Waals surface area contributed by atoms with Crippen molar-refractivity contribution in [3.63, 3.8) is 0 Å². The molecule has 2 rings (SSSR count). The van der Waals surface area contributed by atoms with E-state index in [0.717, 1.165) is 43.3 Å². The summed E-state index contributed by atoms with van der Waals surface area (Å²) in [6.07, 6.45) is 1.82. The molecule has 2 amide bonds. The van der Waals surface area contributed by atoms with Gasteiger partial charge >= 0.3 is 6.03 Å². The number of aromatic nitrogens is 2. The van der Waals surface area contributed by atoms with Gasteiger partial charge in [-0.15, -0.1) is 0 Å². The van der Waals surface area contributed by atoms with Gasteiger partial charge in [-0.2, -0.15) is 0 Å². The number of nitrogens with zero attached hydrogens (tertiary/aromatic N) is 4. The Bertz CT molecular complexity index is 550. The van der Waals surface area contributed by atoms with E-state index in [4.69, 9.17) is 4.74 Å². The van der Waals surface area contributed by atoms with E-state index in [1.165, 1.54) is 0 Å². The second kappa shape index (κ2) is 8.99. The predicted molar refractivity (Wildman–Crippen MR) is 99.0 cm³/mol. The van der Waals surface area contributed by atoms with Crippen molar-refractivity contribution in [3.05, 3.63) is 17.5 Å². The number of anilines is 1. The Morgan fingerprint density at radius 3 is 2.44 bits per heavy atom. The van der Waals surface area contributed by atoms with Crippen LogP contribution in [0.5, 0.6) is 0 Å². The molecule has 140 valence electrons. The highest BCUT2D eigenvalue weighted by atomic mass is 16.5. The van der Waals surface area contributed by atoms with Gasteiger partial charge in [-0.3, -0.25) is 0 Å². The number of ether oxygens (including phenoxy) is 1. The summed E-state index contributed by atoms with van der Waals surface area (Å²) in [7, 11) is 1.67. The van der Waals surface area contributed by atoms with Crippen LogP contribution in [0.4, 0.5) is 10.7 Å². The fourth-order valence-electron chi connectivity index (χ4n) is 3.20. The van der Waals surface area contributed by atoms with Crippen LogP contribution in [-0.2, 0) is 4.74 Å². The lowest BCUT2D eigenvalue weighted by molar-refractivity contribution is 0.119. The lowest BCUT2D eigenvalue weighted by atomic mass is 10.0. The van der Waals surface area contributed by atoms with E-state index in [2.05, 4.69) is 20.2 Å². The minimum atomic E-state index is -0.00634. The largest absolute Gasteiger partial charge is 0.383 e. The molecule has 0 saturated carbocycles. The topological polar surface area (TPSA) is 70.6 Å². The van der Waals surface area contributed by atoms with E-state index in [1.807, 2.05) is 38.7 Å². The van der Waals surface area contributed by atoms with Gasteiger partial charge in [0.05, 0.1) is 6.61 Å². The quantitative estimate of drug-likeness (QED) is 0.852. The predicted octanol–water partition coefficient (Wildman–Crippen LogP) is 2.13. The second-order valence-electron chi connectivity index (χ2n) is 6.96. The first kappa shape index (κ1) is 19.4. The van der Waals surface area contributed by atoms with Crippen LogP contribution >= 0.6 is 0 Å². The number of carbonyl (C=O) groups excluding carboxylic acids is 1. The summed E-state index contributed by atoms with van der Waals surface area (Å²) in [5, 5.41) is 3.00. The van der Waals surface area contributed by atoms with Crippen LogP contribution in [0.2, 0.25) is 0 Å². The molecule has 0 aliphatic carbocycles. The molecule has 25 heavy (non-hydrogen) atoms. The van der Waals surface area contributed by atoms with Crippen LogP contribution in [0.3, 0.4) is 0 Å². The lowest BCUT2D eigenvalue weighted by Gasteiger charge is -2.38. The minimum absolute atomic E-state index is 0.00634. The van der Waals surface area contributed by atoms with Gasteiger partial charge in [-0.05, 0) is 46.6 Å². The van der Waals surface area contributed by atoms with Crippen molar-refractivity contribution in [1.82, 2.24) is 20.2 Å². The Morgan fingerprint density at radius 1 is 1.32 bits per heavy atom. The van der Waals surface area contributed by atoms with Crippen LogP contribution in [-0.4, -0.2) is 66.3 Å². The summed E-state index contributed by atoms with van der Waals surface area (Å²) < 4.78 is 5.18. The van der Waals surface area contributed by atoms with E-state index in [9.17, 15) is 4.79 Å². The number of piperidine rings is 1. The third-order valence-corrected chi connectivity index (χ3v) is 4.37. The van der Waals surface area contributed by atoms with Crippen molar-refractivity contribution in [2.45, 2.75) is 52.6 Å². The van der Waals surface area contributed by atoms with Crippen molar-refractivity contribution in [2.24, 2.45) is 0 Å². The van der Waals surface area contributed by atoms with Crippen LogP contribution < -0.4 is 10.2 Å². The molecule has 1 aliphatic heterocycles. The fraction of sp³-hybridized carbons (Fsp3) is 0.722. The number of urea groups is 1. The summed E-state index contributed by atoms with van der Waals surface area (Å²) in [5.41, 5.74) is 1.98. The van der Waals surface area contributed by atoms with Gasteiger partial charge in [0.25, 0.3) is 0 Å². The molecule has 1 aromatic heterocycles. The van der Waals surface area contributed by atoms with Gasteiger partial charge in [-0.25, -0.2) is 14.8 Å². The SMILES string of the molecule is COCCN(C(=O)NC(C)C)C1CCN(c2nc(C)cc(C)n2)CC1. The Balaban J connectivity index is 2.00. The number of methoxy groups -OCH3 is 1. The Morgan fingerprint density at radius 2 is 1.92 bits per heavy atom. The molecule has 0 bridgehead atoms. The molecule has 7 nitrogen and oxygen atoms in total. The number of hydrogen-bond acceptors (Lipinski definition) is 5. The third-order valence-electron chi connectivity index (χ3n) is 4.37. The number of hydrogen-bond donors (Lipinski definition) is 1. The first-order valence-electron chi connectivity index (χ1n) is 9.04. The molecule has 0 aromatic carbocycles. The Hall–Kier alpha value is -1.89. The number of nitrogens with one attached hydrogen (secondary N) is 1. The van der Waals surface area contributed by atoms with Crippen molar-refractivity contribution < 1.29 is 9.53 Å². The molecule has 0 atom stereocenters. The summed E-state index contributed by atoms with van der Waals surface area (Å²) in [4.78, 5) is 25.8. The van der Waals surface area contributed by atoms with E-state index in [1.54, 1.807) is 7.11 Å². The molecule has 1 fully saturated rings. The standard InChI is InChI=1S/C18H31N5O2/c1-13(2)19-18(24)23(10-11-25-5)16-6-8-22(9-7-16)17-20-14(3)12-15(4)21-17/h12-13,16H,6-11H2,1-5H3,(H,19,24). The van der Waals surface area contributed by atoms with E-state index in [-0.39, 0.29) is 18.1 Å². The van der Waals surface area contributed by atoms with Gasteiger partial charge in [0.2, 0.25) is 5.95 Å². The molecule has 1 saturated heterocycles. The monoisotopic (exact) mass is 349 g/mol. The molecule has 0 radical (unpaired) electrons. The summed E-state index contributed by atoms with van der Waals surface area (Å²) in [5.74, 6) is 0.797. The van der Waals surface area contributed by atoms with E-state index < -0.39 is 0 Å². The van der Waals surface area contributed by atoms with Crippen molar-refractivity contribution in [1.29, 1.82) is 0 Å². The number of rotatable bonds is 6. The van der Waals surface area contributed by atoms with E-state index >= 15 is 0 Å². The average Bonchev–Trinajstić information content (AvgIpc) is 2.54. The average molecular weight is 349 g/mol. The van der Waals surface area contributed by atoms with Crippen molar-refractivity contribution in [3.8, 4) is 0 Å². The summed E-state index contributed by atoms with van der Waals surface area (Å²) in [6.45, 7) is 10.8. The normalized spacial score (nSPS) is 15.5. The first-order valence-corrected chi connectivity index (χ1v) is 9.04. The van der Waals surface area contributed by atoms with Gasteiger partial charge < -0.3 is 19.9 Å². The highest BCUT2D eigenvalue weighted by Crippen LogP contribution is 2.21. The summed E-state index contributed by atoms with van der Waals surface area (Å²) >= 11 is 0. The number of aryl methyl sites for hydroxylation is 2. The molecule has 1 aliphatic rings. The fourth-order valence-corrected chi connectivity index (χ4v) is 3.20. The summed E-state index contributed by atoms with van der Waals surface area (Å²) in [6, 6.07) is 2.32. The van der Waals surface area contributed by atoms with Gasteiger partial charge in [0.15, 0.2) is 0 Å². The second-order valence-corrected chi connectivity index (χ2v) is 6.96. The zero-order valence-electron chi connectivity index (χ0n) is 16.1. The van der Waals surface area contributed by atoms with Gasteiger partial charge in [-0.1, -0.05) is 0 Å². The number of carbonyl (C=O) groups is 1. The molecule has 2 heterocycles. The van der Waals surface area contributed by atoms with Crippen LogP contribution in [0, 0.1) is 13.8 Å². The highest BCUT2D eigenvalue weighted by Gasteiger charge is 2.29. The molecular formula is C18H31N5O2. The van der Waals surface area contributed by atoms with Crippen molar-refractivity contribution in [2.75, 3.05) is 38.3 Å². The first-order chi connectivity index (χ1) is 11.9. The zero-order valence-corrected chi connectivity index (χ0v) is 16.1. The molecule has 0 unspecified atom stereocenters. The zero-order chi connectivity index (χ0) is 18.4. The van der Waals surface area contributed by atoms with Gasteiger partial charge in [0.1, 0.15) is 0 Å². The van der Waals surface area contributed by atoms with Crippen LogP contribution in [0.15, 0.2) is 6.07 Å². The lowest BCUT2D eigenvalue weighted by Crippen LogP contribution is -2.53. The third kappa shape index (κ3) is 5.56. The molecule has 7 heteroatoms. The Labute approximate surface area is 150 Å². The Kier molecular flexibility index (Phi) is 6.99. The maximum absolute atomic E-state index is 12.5. The number of amides is 2. The van der Waals surface area contributed by atoms with E-state index in [0.29, 0.717) is 13.2 Å². The highest BCUT2D eigenvalue weighted by molar-refractivity contribution is 5.74. The molecule has 0 spiro atoms. The van der Waals surface area contributed by atoms with Gasteiger partial charge in [0, 0.05) is 50.2 Å². The molecular weight excluding hydrogens is 318 g/mol. The molecule has 1 aromatic rings. The van der Waals surface area contributed by atoms with Crippen LogP contribution in [0.1, 0.15) is 38.1 Å².